The number of piperidine rings is 1. The molecule has 0 unspecified atom stereocenters. The van der Waals surface area contributed by atoms with Gasteiger partial charge in [0.15, 0.2) is 0 Å². The molecule has 8 heteroatoms. The highest BCUT2D eigenvalue weighted by molar-refractivity contribution is 6.05. The lowest BCUT2D eigenvalue weighted by atomic mass is 10.1. The summed E-state index contributed by atoms with van der Waals surface area (Å²) in [5, 5.41) is 23.6. The summed E-state index contributed by atoms with van der Waals surface area (Å²) in [5.41, 5.74) is 1.99. The molecule has 2 N–H and O–H groups in total. The lowest BCUT2D eigenvalue weighted by Gasteiger charge is -2.28. The summed E-state index contributed by atoms with van der Waals surface area (Å²) >= 11 is 0. The predicted octanol–water partition coefficient (Wildman–Crippen LogP) is 4.59. The number of rotatable bonds is 6. The number of carbonyl (C=O) groups is 1. The van der Waals surface area contributed by atoms with Crippen LogP contribution in [0.5, 0.6) is 0 Å². The molecule has 2 heterocycles. The van der Waals surface area contributed by atoms with Crippen LogP contribution in [0.3, 0.4) is 0 Å². The summed E-state index contributed by atoms with van der Waals surface area (Å²) in [7, 11) is 0. The summed E-state index contributed by atoms with van der Waals surface area (Å²) in [6, 6.07) is 15.1. The van der Waals surface area contributed by atoms with Gasteiger partial charge in [0.1, 0.15) is 23.8 Å². The summed E-state index contributed by atoms with van der Waals surface area (Å²) < 4.78 is 5.53. The first-order valence-corrected chi connectivity index (χ1v) is 10.2. The molecule has 1 saturated heterocycles. The molecule has 0 atom stereocenters. The largest absolute Gasteiger partial charge is 0.459 e. The lowest BCUT2D eigenvalue weighted by molar-refractivity contribution is -0.384. The highest BCUT2D eigenvalue weighted by Gasteiger charge is 2.23. The van der Waals surface area contributed by atoms with Crippen LogP contribution in [0.25, 0.3) is 11.3 Å². The molecule has 0 radical (unpaired) electrons. The molecule has 2 aromatic carbocycles. The zero-order chi connectivity index (χ0) is 21.8. The molecule has 0 bridgehead atoms. The summed E-state index contributed by atoms with van der Waals surface area (Å²) in [5.74, 6) is 0.591. The number of carbonyl (C=O) groups excluding carboxylic acids is 1. The number of amides is 1. The Balaban J connectivity index is 1.55. The van der Waals surface area contributed by atoms with Gasteiger partial charge in [0.25, 0.3) is 11.6 Å². The Labute approximate surface area is 179 Å². The van der Waals surface area contributed by atoms with E-state index in [0.717, 1.165) is 37.9 Å². The number of nitrogens with zero attached hydrogens (tertiary/aromatic N) is 2. The van der Waals surface area contributed by atoms with E-state index >= 15 is 0 Å². The monoisotopic (exact) mass is 421 g/mol. The zero-order valence-corrected chi connectivity index (χ0v) is 16.9. The summed E-state index contributed by atoms with van der Waals surface area (Å²) in [4.78, 5) is 26.0. The third-order valence-corrected chi connectivity index (χ3v) is 5.35. The molecular weight excluding hydrogens is 398 g/mol. The zero-order valence-electron chi connectivity index (χ0n) is 16.9. The maximum absolute atomic E-state index is 12.8. The van der Waals surface area contributed by atoms with Crippen molar-refractivity contribution in [1.29, 1.82) is 0 Å². The Bertz CT molecular complexity index is 1100. The van der Waals surface area contributed by atoms with Gasteiger partial charge in [-0.2, -0.15) is 0 Å². The number of nitro benzene ring substituents is 1. The Hall–Kier alpha value is -3.65. The first-order valence-electron chi connectivity index (χ1n) is 10.2. The Morgan fingerprint density at radius 1 is 1.10 bits per heavy atom. The average Bonchev–Trinajstić information content (AvgIpc) is 3.29. The van der Waals surface area contributed by atoms with Gasteiger partial charge in [0.05, 0.1) is 4.92 Å². The van der Waals surface area contributed by atoms with Crippen LogP contribution in [0.4, 0.5) is 17.1 Å². The minimum Gasteiger partial charge on any atom is -0.459 e. The minimum absolute atomic E-state index is 0.0598. The van der Waals surface area contributed by atoms with Gasteiger partial charge in [-0.1, -0.05) is 12.1 Å². The number of anilines is 2. The van der Waals surface area contributed by atoms with Crippen LogP contribution in [0, 0.1) is 10.1 Å². The maximum Gasteiger partial charge on any atom is 0.293 e. The smallest absolute Gasteiger partial charge is 0.293 e. The van der Waals surface area contributed by atoms with Crippen molar-refractivity contribution in [3.05, 3.63) is 76.0 Å². The SMILES string of the molecule is O=C(Nc1cccc(-c2ccc(CO)o2)c1)c1ccc(N2CCCCC2)c([N+](=O)[O-])c1. The molecule has 1 amide bonds. The lowest BCUT2D eigenvalue weighted by Crippen LogP contribution is -2.30. The quantitative estimate of drug-likeness (QED) is 0.445. The number of benzene rings is 2. The second kappa shape index (κ2) is 9.01. The van der Waals surface area contributed by atoms with Gasteiger partial charge in [-0.05, 0) is 55.7 Å². The normalized spacial score (nSPS) is 13.8. The third-order valence-electron chi connectivity index (χ3n) is 5.35. The number of aliphatic hydroxyl groups is 1. The molecule has 8 nitrogen and oxygen atoms in total. The first kappa shape index (κ1) is 20.6. The van der Waals surface area contributed by atoms with E-state index in [1.807, 2.05) is 11.0 Å². The number of hydrogen-bond donors (Lipinski definition) is 2. The first-order chi connectivity index (χ1) is 15.0. The molecule has 3 aromatic rings. The second-order valence-electron chi connectivity index (χ2n) is 7.47. The number of aliphatic hydroxyl groups excluding tert-OH is 1. The summed E-state index contributed by atoms with van der Waals surface area (Å²) in [6.07, 6.45) is 3.14. The third kappa shape index (κ3) is 4.59. The minimum atomic E-state index is -0.434. The van der Waals surface area contributed by atoms with Crippen LogP contribution in [-0.2, 0) is 6.61 Å². The highest BCUT2D eigenvalue weighted by atomic mass is 16.6. The van der Waals surface area contributed by atoms with Crippen molar-refractivity contribution in [2.75, 3.05) is 23.3 Å². The van der Waals surface area contributed by atoms with Crippen LogP contribution in [0.1, 0.15) is 35.4 Å². The van der Waals surface area contributed by atoms with Crippen molar-refractivity contribution in [1.82, 2.24) is 0 Å². The number of furan rings is 1. The van der Waals surface area contributed by atoms with Crippen molar-refractivity contribution < 1.29 is 19.2 Å². The topological polar surface area (TPSA) is 109 Å². The van der Waals surface area contributed by atoms with Crippen molar-refractivity contribution >= 4 is 23.0 Å². The van der Waals surface area contributed by atoms with Gasteiger partial charge in [0, 0.05) is 36.0 Å². The summed E-state index contributed by atoms with van der Waals surface area (Å²) in [6.45, 7) is 1.37. The van der Waals surface area contributed by atoms with Gasteiger partial charge in [-0.15, -0.1) is 0 Å². The molecule has 1 fully saturated rings. The van der Waals surface area contributed by atoms with Crippen LogP contribution < -0.4 is 10.2 Å². The standard InChI is InChI=1S/C23H23N3O5/c27-15-19-8-10-22(31-19)16-5-4-6-18(13-16)24-23(28)17-7-9-20(21(14-17)26(29)30)25-11-2-1-3-12-25/h4-10,13-14,27H,1-3,11-12,15H2,(H,24,28). The van der Waals surface area contributed by atoms with Crippen molar-refractivity contribution in [2.45, 2.75) is 25.9 Å². The molecular formula is C23H23N3O5. The molecule has 1 aliphatic heterocycles. The van der Waals surface area contributed by atoms with Crippen molar-refractivity contribution in [2.24, 2.45) is 0 Å². The van der Waals surface area contributed by atoms with E-state index in [1.165, 1.54) is 6.07 Å². The number of hydrogen-bond acceptors (Lipinski definition) is 6. The van der Waals surface area contributed by atoms with E-state index in [9.17, 15) is 14.9 Å². The number of nitrogens with one attached hydrogen (secondary N) is 1. The van der Waals surface area contributed by atoms with Gasteiger partial charge in [0.2, 0.25) is 0 Å². The van der Waals surface area contributed by atoms with E-state index in [2.05, 4.69) is 5.32 Å². The second-order valence-corrected chi connectivity index (χ2v) is 7.47. The van der Waals surface area contributed by atoms with Crippen LogP contribution in [0.2, 0.25) is 0 Å². The van der Waals surface area contributed by atoms with Crippen LogP contribution in [-0.4, -0.2) is 29.0 Å². The fourth-order valence-corrected chi connectivity index (χ4v) is 3.78. The molecule has 31 heavy (non-hydrogen) atoms. The Morgan fingerprint density at radius 3 is 2.61 bits per heavy atom. The van der Waals surface area contributed by atoms with Gasteiger partial charge in [-0.25, -0.2) is 0 Å². The molecule has 0 spiro atoms. The highest BCUT2D eigenvalue weighted by Crippen LogP contribution is 2.32. The maximum atomic E-state index is 12.8. The van der Waals surface area contributed by atoms with E-state index in [-0.39, 0.29) is 17.9 Å². The number of nitro groups is 1. The molecule has 0 saturated carbocycles. The van der Waals surface area contributed by atoms with E-state index in [0.29, 0.717) is 22.9 Å². The van der Waals surface area contributed by atoms with Crippen LogP contribution >= 0.6 is 0 Å². The van der Waals surface area contributed by atoms with E-state index in [4.69, 9.17) is 9.52 Å². The fraction of sp³-hybridized carbons (Fsp3) is 0.261. The van der Waals surface area contributed by atoms with Gasteiger partial charge < -0.3 is 19.7 Å². The molecule has 4 rings (SSSR count). The van der Waals surface area contributed by atoms with Gasteiger partial charge in [-0.3, -0.25) is 14.9 Å². The Morgan fingerprint density at radius 2 is 1.90 bits per heavy atom. The molecule has 1 aliphatic rings. The predicted molar refractivity (Wildman–Crippen MR) is 117 cm³/mol. The molecule has 0 aliphatic carbocycles. The van der Waals surface area contributed by atoms with E-state index in [1.54, 1.807) is 42.5 Å². The molecule has 1 aromatic heterocycles. The van der Waals surface area contributed by atoms with E-state index < -0.39 is 10.8 Å². The van der Waals surface area contributed by atoms with Crippen molar-refractivity contribution in [3.63, 3.8) is 0 Å². The molecule has 160 valence electrons. The average molecular weight is 421 g/mol. The van der Waals surface area contributed by atoms with Crippen molar-refractivity contribution in [3.8, 4) is 11.3 Å². The fourth-order valence-electron chi connectivity index (χ4n) is 3.78. The van der Waals surface area contributed by atoms with Crippen LogP contribution in [0.15, 0.2) is 59.0 Å². The van der Waals surface area contributed by atoms with Gasteiger partial charge >= 0.3 is 0 Å². The Kier molecular flexibility index (Phi) is 5.99.